The number of hydrogen-bond acceptors (Lipinski definition) is 8. The minimum absolute atomic E-state index is 0.493. The molecule has 0 bridgehead atoms. The number of nitrogens with zero attached hydrogens (tertiary/aromatic N) is 10. The molecular formula is C54H32N10. The first-order valence-electron chi connectivity index (χ1n) is 21.0. The SMILES string of the molecule is c1ccc(-c2nc(-c3ccccc3)nc(-c3cnc(-n4c5ccccc5c5c4ccc4c6ccccc6n(-c6cccc(-c7cnc8c(ccc9cccnc98)c7)n6)c45)nc3)n2)cc1. The molecule has 0 radical (unpaired) electrons. The molecule has 13 aromatic rings. The van der Waals surface area contributed by atoms with Crippen LogP contribution in [0.1, 0.15) is 0 Å². The van der Waals surface area contributed by atoms with E-state index >= 15 is 0 Å². The van der Waals surface area contributed by atoms with Gasteiger partial charge in [-0.15, -0.1) is 0 Å². The maximum atomic E-state index is 5.36. The van der Waals surface area contributed by atoms with E-state index in [1.807, 2.05) is 85.2 Å². The van der Waals surface area contributed by atoms with E-state index in [0.29, 0.717) is 29.0 Å². The first kappa shape index (κ1) is 35.7. The lowest BCUT2D eigenvalue weighted by Gasteiger charge is -2.11. The molecule has 6 aromatic carbocycles. The lowest BCUT2D eigenvalue weighted by molar-refractivity contribution is 0.982. The predicted octanol–water partition coefficient (Wildman–Crippen LogP) is 12.0. The van der Waals surface area contributed by atoms with Crippen LogP contribution >= 0.6 is 0 Å². The highest BCUT2D eigenvalue weighted by molar-refractivity contribution is 6.26. The molecule has 0 N–H and O–H groups in total. The molecule has 7 heterocycles. The van der Waals surface area contributed by atoms with Crippen LogP contribution in [0.25, 0.3) is 123 Å². The van der Waals surface area contributed by atoms with Gasteiger partial charge < -0.3 is 0 Å². The molecule has 298 valence electrons. The van der Waals surface area contributed by atoms with E-state index in [1.165, 1.54) is 0 Å². The molecule has 10 nitrogen and oxygen atoms in total. The normalized spacial score (nSPS) is 11.8. The maximum Gasteiger partial charge on any atom is 0.234 e. The van der Waals surface area contributed by atoms with Crippen molar-refractivity contribution in [2.24, 2.45) is 0 Å². The van der Waals surface area contributed by atoms with Gasteiger partial charge in [-0.05, 0) is 42.5 Å². The monoisotopic (exact) mass is 820 g/mol. The lowest BCUT2D eigenvalue weighted by atomic mass is 10.1. The van der Waals surface area contributed by atoms with Gasteiger partial charge in [-0.1, -0.05) is 127 Å². The quantitative estimate of drug-likeness (QED) is 0.152. The predicted molar refractivity (Wildman–Crippen MR) is 254 cm³/mol. The maximum absolute atomic E-state index is 5.36. The van der Waals surface area contributed by atoms with Crippen molar-refractivity contribution in [1.82, 2.24) is 49.0 Å². The molecule has 0 fully saturated rings. The number of pyridine rings is 3. The number of aromatic nitrogens is 10. The summed E-state index contributed by atoms with van der Waals surface area (Å²) in [5.41, 5.74) is 10.1. The lowest BCUT2D eigenvalue weighted by Crippen LogP contribution is -2.03. The Hall–Kier alpha value is -9.02. The standard InChI is InChI=1S/C54H32N10/c1-3-13-34(14-4-1)51-60-52(35-15-5-2-6-16-35)62-53(61-51)38-31-57-54(58-32-38)63-44-22-10-8-19-41(44)47-45(63)27-26-40-39-18-7-9-21-43(39)64(50(40)47)46-23-11-20-42(59-46)37-29-36-25-24-33-17-12-28-55-48(33)49(36)56-30-37/h1-32H. The van der Waals surface area contributed by atoms with E-state index in [-0.39, 0.29) is 0 Å². The van der Waals surface area contributed by atoms with Crippen molar-refractivity contribution in [3.63, 3.8) is 0 Å². The Morgan fingerprint density at radius 2 is 0.984 bits per heavy atom. The van der Waals surface area contributed by atoms with Crippen molar-refractivity contribution < 1.29 is 0 Å². The Morgan fingerprint density at radius 1 is 0.359 bits per heavy atom. The number of fused-ring (bicyclic) bond motifs is 10. The van der Waals surface area contributed by atoms with Gasteiger partial charge in [0.2, 0.25) is 5.95 Å². The molecule has 0 atom stereocenters. The topological polar surface area (TPSA) is 113 Å². The van der Waals surface area contributed by atoms with Gasteiger partial charge in [-0.25, -0.2) is 29.9 Å². The van der Waals surface area contributed by atoms with Crippen molar-refractivity contribution >= 4 is 65.4 Å². The summed E-state index contributed by atoms with van der Waals surface area (Å²) in [5.74, 6) is 2.99. The van der Waals surface area contributed by atoms with Gasteiger partial charge in [0.1, 0.15) is 5.82 Å². The van der Waals surface area contributed by atoms with Crippen molar-refractivity contribution in [2.45, 2.75) is 0 Å². The summed E-state index contributed by atoms with van der Waals surface area (Å²) < 4.78 is 4.43. The summed E-state index contributed by atoms with van der Waals surface area (Å²) in [6.45, 7) is 0. The molecule has 0 unspecified atom stereocenters. The van der Waals surface area contributed by atoms with Crippen LogP contribution in [-0.2, 0) is 0 Å². The van der Waals surface area contributed by atoms with Gasteiger partial charge in [0, 0.05) is 73.8 Å². The molecule has 64 heavy (non-hydrogen) atoms. The average Bonchev–Trinajstić information content (AvgIpc) is 3.90. The Bertz CT molecular complexity index is 3900. The van der Waals surface area contributed by atoms with Crippen LogP contribution in [0.4, 0.5) is 0 Å². The second-order valence-corrected chi connectivity index (χ2v) is 15.7. The molecule has 0 aliphatic carbocycles. The number of hydrogen-bond donors (Lipinski definition) is 0. The Labute approximate surface area is 364 Å². The van der Waals surface area contributed by atoms with Crippen LogP contribution in [-0.4, -0.2) is 49.0 Å². The summed E-state index contributed by atoms with van der Waals surface area (Å²) in [6.07, 6.45) is 7.31. The third-order valence-electron chi connectivity index (χ3n) is 11.9. The molecule has 0 spiro atoms. The Kier molecular flexibility index (Phi) is 7.97. The van der Waals surface area contributed by atoms with Crippen molar-refractivity contribution in [2.75, 3.05) is 0 Å². The average molecular weight is 821 g/mol. The molecule has 7 aromatic heterocycles. The second-order valence-electron chi connectivity index (χ2n) is 15.7. The van der Waals surface area contributed by atoms with Crippen molar-refractivity contribution in [3.8, 4) is 57.2 Å². The minimum Gasteiger partial charge on any atom is -0.293 e. The Morgan fingerprint density at radius 3 is 1.73 bits per heavy atom. The van der Waals surface area contributed by atoms with Crippen LogP contribution in [0.2, 0.25) is 0 Å². The summed E-state index contributed by atoms with van der Waals surface area (Å²) in [6, 6.07) is 57.8. The first-order valence-corrected chi connectivity index (χ1v) is 21.0. The van der Waals surface area contributed by atoms with E-state index in [4.69, 9.17) is 34.9 Å². The highest BCUT2D eigenvalue weighted by atomic mass is 15.2. The van der Waals surface area contributed by atoms with Gasteiger partial charge in [0.15, 0.2) is 17.5 Å². The third-order valence-corrected chi connectivity index (χ3v) is 11.9. The van der Waals surface area contributed by atoms with E-state index in [9.17, 15) is 0 Å². The van der Waals surface area contributed by atoms with Gasteiger partial charge in [-0.2, -0.15) is 0 Å². The van der Waals surface area contributed by atoms with E-state index in [1.54, 1.807) is 12.4 Å². The van der Waals surface area contributed by atoms with Crippen LogP contribution < -0.4 is 0 Å². The molecular weight excluding hydrogens is 789 g/mol. The van der Waals surface area contributed by atoms with E-state index in [0.717, 1.165) is 93.6 Å². The molecule has 13 rings (SSSR count). The molecule has 0 saturated carbocycles. The second kappa shape index (κ2) is 14.3. The molecule has 0 aliphatic rings. The molecule has 0 saturated heterocycles. The number of para-hydroxylation sites is 2. The summed E-state index contributed by atoms with van der Waals surface area (Å²) in [4.78, 5) is 39.6. The van der Waals surface area contributed by atoms with Crippen molar-refractivity contribution in [1.29, 1.82) is 0 Å². The van der Waals surface area contributed by atoms with Crippen LogP contribution in [0, 0.1) is 0 Å². The fourth-order valence-corrected chi connectivity index (χ4v) is 9.04. The summed E-state index contributed by atoms with van der Waals surface area (Å²) >= 11 is 0. The highest BCUT2D eigenvalue weighted by Gasteiger charge is 2.23. The van der Waals surface area contributed by atoms with E-state index < -0.39 is 0 Å². The zero-order chi connectivity index (χ0) is 42.1. The highest BCUT2D eigenvalue weighted by Crippen LogP contribution is 2.42. The Balaban J connectivity index is 0.973. The summed E-state index contributed by atoms with van der Waals surface area (Å²) in [7, 11) is 0. The van der Waals surface area contributed by atoms with Crippen LogP contribution in [0.3, 0.4) is 0 Å². The minimum atomic E-state index is 0.493. The van der Waals surface area contributed by atoms with Crippen LogP contribution in [0.5, 0.6) is 0 Å². The zero-order valence-electron chi connectivity index (χ0n) is 33.9. The number of benzene rings is 6. The van der Waals surface area contributed by atoms with Crippen LogP contribution in [0.15, 0.2) is 195 Å². The summed E-state index contributed by atoms with van der Waals surface area (Å²) in [5, 5.41) is 6.49. The van der Waals surface area contributed by atoms with Gasteiger partial charge in [-0.3, -0.25) is 19.1 Å². The zero-order valence-corrected chi connectivity index (χ0v) is 33.9. The van der Waals surface area contributed by atoms with E-state index in [2.05, 4.69) is 111 Å². The fraction of sp³-hybridized carbons (Fsp3) is 0. The smallest absolute Gasteiger partial charge is 0.234 e. The first-order chi connectivity index (χ1) is 31.7. The fourth-order valence-electron chi connectivity index (χ4n) is 9.04. The third kappa shape index (κ3) is 5.66. The van der Waals surface area contributed by atoms with Gasteiger partial charge in [0.25, 0.3) is 0 Å². The molecule has 0 amide bonds. The molecule has 10 heteroatoms. The number of rotatable bonds is 6. The van der Waals surface area contributed by atoms with Gasteiger partial charge in [0.05, 0.1) is 44.4 Å². The molecule has 0 aliphatic heterocycles. The van der Waals surface area contributed by atoms with Gasteiger partial charge >= 0.3 is 0 Å². The largest absolute Gasteiger partial charge is 0.293 e. The van der Waals surface area contributed by atoms with Crippen molar-refractivity contribution in [3.05, 3.63) is 195 Å².